The van der Waals surface area contributed by atoms with Crippen LogP contribution in [0.3, 0.4) is 0 Å². The summed E-state index contributed by atoms with van der Waals surface area (Å²) < 4.78 is 0. The molecule has 1 amide bonds. The van der Waals surface area contributed by atoms with Gasteiger partial charge in [-0.15, -0.1) is 0 Å². The van der Waals surface area contributed by atoms with Crippen LogP contribution in [0, 0.1) is 0 Å². The maximum Gasteiger partial charge on any atom is 0.234 e. The van der Waals surface area contributed by atoms with E-state index in [2.05, 4.69) is 10.6 Å². The Kier molecular flexibility index (Phi) is 3.56. The number of phenols is 1. The first-order chi connectivity index (χ1) is 9.74. The number of hydrogen-bond donors (Lipinski definition) is 3. The second-order valence-electron chi connectivity index (χ2n) is 5.23. The van der Waals surface area contributed by atoms with Crippen molar-refractivity contribution in [3.8, 4) is 5.75 Å². The summed E-state index contributed by atoms with van der Waals surface area (Å²) in [7, 11) is 0. The fourth-order valence-electron chi connectivity index (χ4n) is 2.32. The van der Waals surface area contributed by atoms with Gasteiger partial charge in [-0.25, -0.2) is 0 Å². The first-order valence-electron chi connectivity index (χ1n) is 6.94. The Balaban J connectivity index is 1.67. The van der Waals surface area contributed by atoms with E-state index in [1.807, 2.05) is 30.3 Å². The Hall–Kier alpha value is -2.07. The van der Waals surface area contributed by atoms with Gasteiger partial charge in [0, 0.05) is 18.2 Å². The van der Waals surface area contributed by atoms with Crippen LogP contribution in [0.2, 0.25) is 0 Å². The molecule has 0 heterocycles. The summed E-state index contributed by atoms with van der Waals surface area (Å²) in [5.74, 6) is 0.283. The van der Waals surface area contributed by atoms with Crippen LogP contribution in [0.1, 0.15) is 18.4 Å². The van der Waals surface area contributed by atoms with Crippen molar-refractivity contribution in [2.24, 2.45) is 0 Å². The molecule has 3 N–H and O–H groups in total. The van der Waals surface area contributed by atoms with Crippen LogP contribution < -0.4 is 10.6 Å². The topological polar surface area (TPSA) is 61.4 Å². The average Bonchev–Trinajstić information content (AvgIpc) is 3.25. The quantitative estimate of drug-likeness (QED) is 0.778. The highest BCUT2D eigenvalue weighted by molar-refractivity contribution is 5.87. The normalized spacial score (nSPS) is 14.4. The molecule has 0 unspecified atom stereocenters. The number of aromatic hydroxyl groups is 1. The molecule has 4 nitrogen and oxygen atoms in total. The van der Waals surface area contributed by atoms with Gasteiger partial charge in [0.1, 0.15) is 5.75 Å². The molecular formula is C16H18N2O2. The van der Waals surface area contributed by atoms with Crippen LogP contribution in [-0.4, -0.2) is 23.6 Å². The summed E-state index contributed by atoms with van der Waals surface area (Å²) in [4.78, 5) is 11.6. The van der Waals surface area contributed by atoms with Crippen LogP contribution in [0.15, 0.2) is 36.4 Å². The van der Waals surface area contributed by atoms with Crippen molar-refractivity contribution in [2.75, 3.05) is 6.54 Å². The summed E-state index contributed by atoms with van der Waals surface area (Å²) in [5, 5.41) is 18.1. The monoisotopic (exact) mass is 270 g/mol. The Morgan fingerprint density at radius 1 is 1.20 bits per heavy atom. The van der Waals surface area contributed by atoms with Crippen molar-refractivity contribution >= 4 is 16.7 Å². The Morgan fingerprint density at radius 3 is 2.80 bits per heavy atom. The van der Waals surface area contributed by atoms with E-state index in [4.69, 9.17) is 0 Å². The molecule has 4 heteroatoms. The fraction of sp³-hybridized carbons (Fsp3) is 0.312. The third-order valence-corrected chi connectivity index (χ3v) is 3.55. The zero-order chi connectivity index (χ0) is 13.9. The molecule has 1 aliphatic rings. The summed E-state index contributed by atoms with van der Waals surface area (Å²) in [6, 6.07) is 11.9. The summed E-state index contributed by atoms with van der Waals surface area (Å²) >= 11 is 0. The molecule has 0 atom stereocenters. The highest BCUT2D eigenvalue weighted by Crippen LogP contribution is 2.26. The Morgan fingerprint density at radius 2 is 2.00 bits per heavy atom. The first-order valence-corrected chi connectivity index (χ1v) is 6.94. The number of nitrogens with one attached hydrogen (secondary N) is 2. The third kappa shape index (κ3) is 2.91. The lowest BCUT2D eigenvalue weighted by atomic mass is 10.0. The van der Waals surface area contributed by atoms with Crippen LogP contribution in [-0.2, 0) is 11.3 Å². The van der Waals surface area contributed by atoms with Gasteiger partial charge in [-0.05, 0) is 29.7 Å². The summed E-state index contributed by atoms with van der Waals surface area (Å²) in [6.07, 6.45) is 2.19. The van der Waals surface area contributed by atoms with Crippen LogP contribution in [0.4, 0.5) is 0 Å². The lowest BCUT2D eigenvalue weighted by Crippen LogP contribution is -2.34. The SMILES string of the molecule is O=C(CNCc1c(O)ccc2ccccc12)NC1CC1. The fourth-order valence-corrected chi connectivity index (χ4v) is 2.32. The van der Waals surface area contributed by atoms with Gasteiger partial charge in [0.05, 0.1) is 6.54 Å². The molecule has 104 valence electrons. The third-order valence-electron chi connectivity index (χ3n) is 3.55. The van der Waals surface area contributed by atoms with Crippen LogP contribution in [0.25, 0.3) is 10.8 Å². The minimum absolute atomic E-state index is 0.0206. The Bertz CT molecular complexity index is 635. The molecule has 1 fully saturated rings. The van der Waals surface area contributed by atoms with Gasteiger partial charge >= 0.3 is 0 Å². The lowest BCUT2D eigenvalue weighted by molar-refractivity contribution is -0.120. The van der Waals surface area contributed by atoms with Gasteiger partial charge in [-0.1, -0.05) is 30.3 Å². The van der Waals surface area contributed by atoms with E-state index in [0.717, 1.165) is 29.2 Å². The number of rotatable bonds is 5. The van der Waals surface area contributed by atoms with E-state index >= 15 is 0 Å². The molecule has 0 bridgehead atoms. The first kappa shape index (κ1) is 12.9. The van der Waals surface area contributed by atoms with E-state index in [1.54, 1.807) is 6.07 Å². The molecule has 0 aromatic heterocycles. The van der Waals surface area contributed by atoms with Crippen molar-refractivity contribution in [3.63, 3.8) is 0 Å². The van der Waals surface area contributed by atoms with E-state index in [0.29, 0.717) is 12.6 Å². The van der Waals surface area contributed by atoms with E-state index in [-0.39, 0.29) is 18.2 Å². The molecule has 1 saturated carbocycles. The highest BCUT2D eigenvalue weighted by atomic mass is 16.3. The minimum Gasteiger partial charge on any atom is -0.508 e. The second kappa shape index (κ2) is 5.51. The number of carbonyl (C=O) groups excluding carboxylic acids is 1. The lowest BCUT2D eigenvalue weighted by Gasteiger charge is -2.10. The van der Waals surface area contributed by atoms with Gasteiger partial charge < -0.3 is 15.7 Å². The second-order valence-corrected chi connectivity index (χ2v) is 5.23. The molecule has 3 rings (SSSR count). The molecule has 20 heavy (non-hydrogen) atoms. The van der Waals surface area contributed by atoms with E-state index in [9.17, 15) is 9.90 Å². The minimum atomic E-state index is 0.0206. The molecular weight excluding hydrogens is 252 g/mol. The number of phenolic OH excluding ortho intramolecular Hbond substituents is 1. The number of hydrogen-bond acceptors (Lipinski definition) is 3. The molecule has 0 spiro atoms. The van der Waals surface area contributed by atoms with Crippen molar-refractivity contribution in [3.05, 3.63) is 42.0 Å². The van der Waals surface area contributed by atoms with E-state index < -0.39 is 0 Å². The molecule has 0 saturated heterocycles. The molecule has 1 aliphatic carbocycles. The van der Waals surface area contributed by atoms with Crippen LogP contribution >= 0.6 is 0 Å². The predicted molar refractivity (Wildman–Crippen MR) is 78.5 cm³/mol. The zero-order valence-electron chi connectivity index (χ0n) is 11.2. The maximum absolute atomic E-state index is 11.6. The van der Waals surface area contributed by atoms with Gasteiger partial charge in [0.25, 0.3) is 0 Å². The van der Waals surface area contributed by atoms with Crippen molar-refractivity contribution in [1.29, 1.82) is 0 Å². The number of benzene rings is 2. The molecule has 0 aliphatic heterocycles. The van der Waals surface area contributed by atoms with Gasteiger partial charge in [0.15, 0.2) is 0 Å². The maximum atomic E-state index is 11.6. The van der Waals surface area contributed by atoms with Gasteiger partial charge in [0.2, 0.25) is 5.91 Å². The molecule has 0 radical (unpaired) electrons. The largest absolute Gasteiger partial charge is 0.508 e. The van der Waals surface area contributed by atoms with E-state index in [1.165, 1.54) is 0 Å². The molecule has 2 aromatic carbocycles. The van der Waals surface area contributed by atoms with Gasteiger partial charge in [-0.3, -0.25) is 4.79 Å². The number of carbonyl (C=O) groups is 1. The standard InChI is InChI=1S/C16H18N2O2/c19-15-8-5-11-3-1-2-4-13(11)14(15)9-17-10-16(20)18-12-6-7-12/h1-5,8,12,17,19H,6-7,9-10H2,(H,18,20). The van der Waals surface area contributed by atoms with Crippen molar-refractivity contribution in [2.45, 2.75) is 25.4 Å². The zero-order valence-corrected chi connectivity index (χ0v) is 11.2. The van der Waals surface area contributed by atoms with Crippen LogP contribution in [0.5, 0.6) is 5.75 Å². The number of amides is 1. The number of fused-ring (bicyclic) bond motifs is 1. The van der Waals surface area contributed by atoms with Crippen molar-refractivity contribution < 1.29 is 9.90 Å². The average molecular weight is 270 g/mol. The van der Waals surface area contributed by atoms with Crippen molar-refractivity contribution in [1.82, 2.24) is 10.6 Å². The Labute approximate surface area is 117 Å². The van der Waals surface area contributed by atoms with Gasteiger partial charge in [-0.2, -0.15) is 0 Å². The smallest absolute Gasteiger partial charge is 0.234 e. The summed E-state index contributed by atoms with van der Waals surface area (Å²) in [5.41, 5.74) is 0.835. The highest BCUT2D eigenvalue weighted by Gasteiger charge is 2.22. The molecule has 2 aromatic rings. The predicted octanol–water partition coefficient (Wildman–Crippen LogP) is 1.91. The summed E-state index contributed by atoms with van der Waals surface area (Å²) in [6.45, 7) is 0.754.